The van der Waals surface area contributed by atoms with Crippen molar-refractivity contribution in [2.75, 3.05) is 22.9 Å². The van der Waals surface area contributed by atoms with Crippen LogP contribution in [0.2, 0.25) is 5.28 Å². The normalized spacial score (nSPS) is 20.3. The monoisotopic (exact) mass is 453 g/mol. The Balaban J connectivity index is 1.48. The number of unbranched alkanes of at least 4 members (excludes halogenated alkanes) is 4. The van der Waals surface area contributed by atoms with Gasteiger partial charge in [-0.05, 0) is 50.1 Å². The Morgan fingerprint density at radius 2 is 1.23 bits per heavy atom. The van der Waals surface area contributed by atoms with E-state index in [0.29, 0.717) is 24.0 Å². The summed E-state index contributed by atoms with van der Waals surface area (Å²) in [7, 11) is 0. The van der Waals surface area contributed by atoms with Crippen LogP contribution in [0.3, 0.4) is 0 Å². The van der Waals surface area contributed by atoms with Crippen molar-refractivity contribution in [2.24, 2.45) is 0 Å². The van der Waals surface area contributed by atoms with Gasteiger partial charge in [0.1, 0.15) is 0 Å². The van der Waals surface area contributed by atoms with Gasteiger partial charge in [0, 0.05) is 38.0 Å². The van der Waals surface area contributed by atoms with E-state index in [-0.39, 0.29) is 18.1 Å². The molecule has 0 aliphatic carbocycles. The molecule has 0 saturated carbocycles. The first-order valence-electron chi connectivity index (χ1n) is 11.3. The summed E-state index contributed by atoms with van der Waals surface area (Å²) in [5, 5.41) is 17.7. The second kappa shape index (κ2) is 11.5. The van der Waals surface area contributed by atoms with Crippen LogP contribution in [0.1, 0.15) is 77.0 Å². The second-order valence-electron chi connectivity index (χ2n) is 8.46. The largest absolute Gasteiger partial charge is 0.481 e. The van der Waals surface area contributed by atoms with Gasteiger partial charge in [-0.1, -0.05) is 25.7 Å². The van der Waals surface area contributed by atoms with Gasteiger partial charge in [0.05, 0.1) is 0 Å². The highest BCUT2D eigenvalue weighted by Crippen LogP contribution is 2.32. The van der Waals surface area contributed by atoms with Gasteiger partial charge >= 0.3 is 11.9 Å². The highest BCUT2D eigenvalue weighted by atomic mass is 35.5. The van der Waals surface area contributed by atoms with Crippen LogP contribution in [-0.4, -0.2) is 62.3 Å². The third-order valence-corrected chi connectivity index (χ3v) is 6.41. The molecule has 3 rings (SSSR count). The molecule has 1 aromatic rings. The number of halogens is 1. The molecule has 0 amide bonds. The minimum Gasteiger partial charge on any atom is -0.481 e. The van der Waals surface area contributed by atoms with E-state index in [9.17, 15) is 9.59 Å². The number of nitrogens with zero attached hydrogens (tertiary/aromatic N) is 5. The number of aromatic nitrogens is 3. The molecule has 10 heteroatoms. The van der Waals surface area contributed by atoms with Crippen molar-refractivity contribution in [1.82, 2.24) is 15.0 Å². The SMILES string of the molecule is O=C(O)CCCCCC1CCN1c1nc(Cl)nc(N2CCC2CCCCCC(=O)O)n1. The molecular formula is C21H32ClN5O4. The third-order valence-electron chi connectivity index (χ3n) is 6.24. The molecule has 3 heterocycles. The zero-order valence-corrected chi connectivity index (χ0v) is 18.6. The molecule has 2 aliphatic rings. The lowest BCUT2D eigenvalue weighted by Gasteiger charge is -2.43. The van der Waals surface area contributed by atoms with E-state index in [1.165, 1.54) is 0 Å². The number of anilines is 2. The average molecular weight is 454 g/mol. The van der Waals surface area contributed by atoms with E-state index in [1.54, 1.807) is 0 Å². The summed E-state index contributed by atoms with van der Waals surface area (Å²) in [6.07, 6.45) is 9.90. The molecule has 1 aromatic heterocycles. The van der Waals surface area contributed by atoms with Gasteiger partial charge in [0.2, 0.25) is 17.2 Å². The maximum atomic E-state index is 10.6. The maximum absolute atomic E-state index is 10.6. The van der Waals surface area contributed by atoms with Gasteiger partial charge in [-0.2, -0.15) is 15.0 Å². The Morgan fingerprint density at radius 3 is 1.58 bits per heavy atom. The minimum atomic E-state index is -0.734. The molecule has 2 atom stereocenters. The average Bonchev–Trinajstić information content (AvgIpc) is 2.64. The number of aliphatic carboxylic acids is 2. The quantitative estimate of drug-likeness (QED) is 0.405. The van der Waals surface area contributed by atoms with Crippen molar-refractivity contribution in [3.63, 3.8) is 0 Å². The van der Waals surface area contributed by atoms with Gasteiger partial charge in [-0.15, -0.1) is 0 Å². The molecule has 31 heavy (non-hydrogen) atoms. The lowest BCUT2D eigenvalue weighted by molar-refractivity contribution is -0.138. The van der Waals surface area contributed by atoms with Gasteiger partial charge < -0.3 is 20.0 Å². The van der Waals surface area contributed by atoms with E-state index >= 15 is 0 Å². The fourth-order valence-electron chi connectivity index (χ4n) is 4.26. The summed E-state index contributed by atoms with van der Waals surface area (Å²) in [5.41, 5.74) is 0. The number of hydrogen-bond acceptors (Lipinski definition) is 7. The second-order valence-corrected chi connectivity index (χ2v) is 8.80. The molecule has 2 fully saturated rings. The highest BCUT2D eigenvalue weighted by molar-refractivity contribution is 6.28. The maximum Gasteiger partial charge on any atom is 0.303 e. The molecule has 2 aliphatic heterocycles. The van der Waals surface area contributed by atoms with Crippen LogP contribution in [0.4, 0.5) is 11.9 Å². The molecule has 0 bridgehead atoms. The molecule has 2 N–H and O–H groups in total. The number of rotatable bonds is 14. The fourth-order valence-corrected chi connectivity index (χ4v) is 4.41. The molecular weight excluding hydrogens is 422 g/mol. The van der Waals surface area contributed by atoms with Crippen LogP contribution in [-0.2, 0) is 9.59 Å². The summed E-state index contributed by atoms with van der Waals surface area (Å²) in [6, 6.07) is 0.745. The summed E-state index contributed by atoms with van der Waals surface area (Å²) in [4.78, 5) is 39.0. The summed E-state index contributed by atoms with van der Waals surface area (Å²) in [6.45, 7) is 1.79. The molecule has 172 valence electrons. The topological polar surface area (TPSA) is 120 Å². The number of carbonyl (C=O) groups is 2. The Morgan fingerprint density at radius 1 is 0.774 bits per heavy atom. The molecule has 0 spiro atoms. The Kier molecular flexibility index (Phi) is 8.69. The van der Waals surface area contributed by atoms with E-state index in [2.05, 4.69) is 19.8 Å². The summed E-state index contributed by atoms with van der Waals surface area (Å²) in [5.74, 6) is -0.211. The van der Waals surface area contributed by atoms with E-state index in [1.807, 2.05) is 0 Å². The summed E-state index contributed by atoms with van der Waals surface area (Å²) < 4.78 is 0. The predicted octanol–water partition coefficient (Wildman–Crippen LogP) is 3.75. The standard InChI is InChI=1S/C21H32ClN5O4/c22-19-23-20(26-13-11-15(26)7-3-1-5-9-17(28)29)25-21(24-19)27-14-12-16(27)8-4-2-6-10-18(30)31/h15-16H,1-14H2,(H,28,29)(H,30,31). The van der Waals surface area contributed by atoms with Gasteiger partial charge in [0.25, 0.3) is 0 Å². The number of hydrogen-bond donors (Lipinski definition) is 2. The minimum absolute atomic E-state index is 0.208. The van der Waals surface area contributed by atoms with Gasteiger partial charge in [0.15, 0.2) is 0 Å². The third kappa shape index (κ3) is 6.92. The Hall–Kier alpha value is -2.16. The first kappa shape index (κ1) is 23.5. The lowest BCUT2D eigenvalue weighted by atomic mass is 9.96. The van der Waals surface area contributed by atoms with Gasteiger partial charge in [-0.3, -0.25) is 9.59 Å². The summed E-state index contributed by atoms with van der Waals surface area (Å²) >= 11 is 6.22. The molecule has 0 aromatic carbocycles. The van der Waals surface area contributed by atoms with Crippen molar-refractivity contribution in [3.8, 4) is 0 Å². The van der Waals surface area contributed by atoms with Crippen molar-refractivity contribution < 1.29 is 19.8 Å². The molecule has 0 radical (unpaired) electrons. The molecule has 9 nitrogen and oxygen atoms in total. The zero-order chi connectivity index (χ0) is 22.2. The predicted molar refractivity (Wildman–Crippen MR) is 118 cm³/mol. The smallest absolute Gasteiger partial charge is 0.303 e. The van der Waals surface area contributed by atoms with Crippen molar-refractivity contribution in [3.05, 3.63) is 5.28 Å². The lowest BCUT2D eigenvalue weighted by Crippen LogP contribution is -2.50. The molecule has 2 unspecified atom stereocenters. The highest BCUT2D eigenvalue weighted by Gasteiger charge is 2.33. The van der Waals surface area contributed by atoms with Crippen LogP contribution in [0, 0.1) is 0 Å². The van der Waals surface area contributed by atoms with Crippen LogP contribution >= 0.6 is 11.6 Å². The van der Waals surface area contributed by atoms with E-state index in [4.69, 9.17) is 26.8 Å². The van der Waals surface area contributed by atoms with Gasteiger partial charge in [-0.25, -0.2) is 0 Å². The van der Waals surface area contributed by atoms with Crippen LogP contribution < -0.4 is 9.80 Å². The number of carboxylic acid groups (broad SMARTS) is 2. The van der Waals surface area contributed by atoms with E-state index < -0.39 is 11.9 Å². The van der Waals surface area contributed by atoms with Crippen LogP contribution in [0.5, 0.6) is 0 Å². The number of carboxylic acids is 2. The van der Waals surface area contributed by atoms with Crippen molar-refractivity contribution in [2.45, 2.75) is 89.1 Å². The first-order valence-corrected chi connectivity index (χ1v) is 11.7. The fraction of sp³-hybridized carbons (Fsp3) is 0.762. The zero-order valence-electron chi connectivity index (χ0n) is 17.9. The van der Waals surface area contributed by atoms with Crippen LogP contribution in [0.25, 0.3) is 0 Å². The first-order chi connectivity index (χ1) is 14.9. The van der Waals surface area contributed by atoms with E-state index in [0.717, 1.165) is 77.3 Å². The van der Waals surface area contributed by atoms with Crippen molar-refractivity contribution >= 4 is 35.4 Å². The van der Waals surface area contributed by atoms with Crippen molar-refractivity contribution in [1.29, 1.82) is 0 Å². The Labute approximate surface area is 187 Å². The van der Waals surface area contributed by atoms with Crippen LogP contribution in [0.15, 0.2) is 0 Å². The molecule has 2 saturated heterocycles. The Bertz CT molecular complexity index is 707.